The Balaban J connectivity index is 2.48. The molecule has 1 aliphatic rings. The number of rotatable bonds is 6. The summed E-state index contributed by atoms with van der Waals surface area (Å²) in [6.45, 7) is 13.5. The second kappa shape index (κ2) is 5.89. The van der Waals surface area contributed by atoms with E-state index in [1.54, 1.807) is 0 Å². The first kappa shape index (κ1) is 15.9. The van der Waals surface area contributed by atoms with Crippen molar-refractivity contribution in [1.29, 1.82) is 0 Å². The number of hydrogen-bond acceptors (Lipinski definition) is 3. The lowest BCUT2D eigenvalue weighted by molar-refractivity contribution is -0.0704. The Morgan fingerprint density at radius 2 is 1.78 bits per heavy atom. The molecule has 0 aromatic rings. The number of aliphatic hydroxyl groups excluding tert-OH is 1. The first-order chi connectivity index (χ1) is 8.22. The van der Waals surface area contributed by atoms with Crippen LogP contribution >= 0.6 is 0 Å². The lowest BCUT2D eigenvalue weighted by atomic mass is 9.92. The molecule has 108 valence electrons. The van der Waals surface area contributed by atoms with Gasteiger partial charge < -0.3 is 15.2 Å². The maximum absolute atomic E-state index is 10.2. The minimum Gasteiger partial charge on any atom is -0.392 e. The molecular formula is C15H31NO2. The van der Waals surface area contributed by atoms with Crippen molar-refractivity contribution in [3.8, 4) is 0 Å². The van der Waals surface area contributed by atoms with Crippen LogP contribution in [0.4, 0.5) is 0 Å². The van der Waals surface area contributed by atoms with E-state index in [0.29, 0.717) is 18.5 Å². The van der Waals surface area contributed by atoms with E-state index in [0.717, 1.165) is 19.3 Å². The molecule has 0 saturated carbocycles. The summed E-state index contributed by atoms with van der Waals surface area (Å²) in [5.41, 5.74) is -0.224. The van der Waals surface area contributed by atoms with Gasteiger partial charge in [-0.1, -0.05) is 26.7 Å². The van der Waals surface area contributed by atoms with E-state index in [1.807, 2.05) is 0 Å². The minimum atomic E-state index is -0.250. The third-order valence-electron chi connectivity index (χ3n) is 4.24. The van der Waals surface area contributed by atoms with E-state index < -0.39 is 0 Å². The van der Waals surface area contributed by atoms with Gasteiger partial charge in [-0.2, -0.15) is 0 Å². The SMILES string of the molecule is CCC(CC)C(O)CNC1CC(C)(C)OC1(C)C. The summed E-state index contributed by atoms with van der Waals surface area (Å²) < 4.78 is 6.05. The van der Waals surface area contributed by atoms with Crippen LogP contribution in [0.2, 0.25) is 0 Å². The zero-order valence-electron chi connectivity index (χ0n) is 12.9. The van der Waals surface area contributed by atoms with Gasteiger partial charge in [-0.05, 0) is 40.0 Å². The standard InChI is InChI=1S/C15H31NO2/c1-7-11(8-2)12(17)10-16-13-9-14(3,4)18-15(13,5)6/h11-13,16-17H,7-10H2,1-6H3. The van der Waals surface area contributed by atoms with Crippen molar-refractivity contribution in [3.63, 3.8) is 0 Å². The first-order valence-corrected chi connectivity index (χ1v) is 7.33. The lowest BCUT2D eigenvalue weighted by Gasteiger charge is -2.29. The highest BCUT2D eigenvalue weighted by Gasteiger charge is 2.45. The van der Waals surface area contributed by atoms with Gasteiger partial charge in [-0.25, -0.2) is 0 Å². The fourth-order valence-electron chi connectivity index (χ4n) is 3.14. The number of aliphatic hydroxyl groups is 1. The average Bonchev–Trinajstić information content (AvgIpc) is 2.45. The second-order valence-corrected chi connectivity index (χ2v) is 6.77. The summed E-state index contributed by atoms with van der Waals surface area (Å²) in [6, 6.07) is 0.316. The molecule has 1 fully saturated rings. The molecule has 0 aromatic carbocycles. The van der Waals surface area contributed by atoms with Crippen molar-refractivity contribution in [2.75, 3.05) is 6.54 Å². The molecule has 2 N–H and O–H groups in total. The van der Waals surface area contributed by atoms with Gasteiger partial charge >= 0.3 is 0 Å². The molecule has 0 spiro atoms. The number of ether oxygens (including phenoxy) is 1. The fourth-order valence-corrected chi connectivity index (χ4v) is 3.14. The first-order valence-electron chi connectivity index (χ1n) is 7.33. The predicted octanol–water partition coefficient (Wildman–Crippen LogP) is 2.72. The molecule has 1 rings (SSSR count). The predicted molar refractivity (Wildman–Crippen MR) is 75.7 cm³/mol. The summed E-state index contributed by atoms with van der Waals surface area (Å²) in [5.74, 6) is 0.399. The molecule has 0 amide bonds. The molecule has 0 bridgehead atoms. The summed E-state index contributed by atoms with van der Waals surface area (Å²) >= 11 is 0. The Morgan fingerprint density at radius 1 is 1.22 bits per heavy atom. The zero-order valence-corrected chi connectivity index (χ0v) is 12.9. The quantitative estimate of drug-likeness (QED) is 0.769. The van der Waals surface area contributed by atoms with E-state index in [2.05, 4.69) is 46.9 Å². The van der Waals surface area contributed by atoms with Crippen LogP contribution in [0.3, 0.4) is 0 Å². The van der Waals surface area contributed by atoms with Crippen molar-refractivity contribution in [2.45, 2.75) is 84.2 Å². The molecule has 1 aliphatic heterocycles. The van der Waals surface area contributed by atoms with Gasteiger partial charge in [0.25, 0.3) is 0 Å². The van der Waals surface area contributed by atoms with Crippen molar-refractivity contribution >= 4 is 0 Å². The van der Waals surface area contributed by atoms with Gasteiger partial charge in [0.2, 0.25) is 0 Å². The molecule has 2 unspecified atom stereocenters. The molecule has 1 saturated heterocycles. The van der Waals surface area contributed by atoms with E-state index in [9.17, 15) is 5.11 Å². The van der Waals surface area contributed by atoms with Crippen molar-refractivity contribution < 1.29 is 9.84 Å². The van der Waals surface area contributed by atoms with Crippen molar-refractivity contribution in [3.05, 3.63) is 0 Å². The van der Waals surface area contributed by atoms with Crippen LogP contribution in [0, 0.1) is 5.92 Å². The molecule has 18 heavy (non-hydrogen) atoms. The molecule has 0 aromatic heterocycles. The van der Waals surface area contributed by atoms with Crippen LogP contribution in [-0.2, 0) is 4.74 Å². The smallest absolute Gasteiger partial charge is 0.0787 e. The van der Waals surface area contributed by atoms with Crippen LogP contribution in [0.1, 0.15) is 60.8 Å². The number of hydrogen-bond donors (Lipinski definition) is 2. The maximum Gasteiger partial charge on any atom is 0.0787 e. The molecular weight excluding hydrogens is 226 g/mol. The Labute approximate surface area is 112 Å². The Bertz CT molecular complexity index is 259. The maximum atomic E-state index is 10.2. The zero-order chi connectivity index (χ0) is 14.0. The molecule has 3 heteroatoms. The van der Waals surface area contributed by atoms with Gasteiger partial charge in [-0.15, -0.1) is 0 Å². The summed E-state index contributed by atoms with van der Waals surface area (Å²) in [4.78, 5) is 0. The van der Waals surface area contributed by atoms with E-state index in [-0.39, 0.29) is 17.3 Å². The molecule has 1 heterocycles. The van der Waals surface area contributed by atoms with E-state index in [4.69, 9.17) is 4.74 Å². The van der Waals surface area contributed by atoms with Gasteiger partial charge in [0.05, 0.1) is 17.3 Å². The Kier molecular flexibility index (Phi) is 5.22. The van der Waals surface area contributed by atoms with Crippen molar-refractivity contribution in [2.24, 2.45) is 5.92 Å². The van der Waals surface area contributed by atoms with Crippen LogP contribution < -0.4 is 5.32 Å². The average molecular weight is 257 g/mol. The minimum absolute atomic E-state index is 0.0684. The Hall–Kier alpha value is -0.120. The van der Waals surface area contributed by atoms with Gasteiger partial charge in [0, 0.05) is 12.6 Å². The summed E-state index contributed by atoms with van der Waals surface area (Å²) in [7, 11) is 0. The van der Waals surface area contributed by atoms with Crippen molar-refractivity contribution in [1.82, 2.24) is 5.32 Å². The van der Waals surface area contributed by atoms with Gasteiger partial charge in [0.15, 0.2) is 0 Å². The third-order valence-corrected chi connectivity index (χ3v) is 4.24. The largest absolute Gasteiger partial charge is 0.392 e. The second-order valence-electron chi connectivity index (χ2n) is 6.77. The topological polar surface area (TPSA) is 41.5 Å². The highest BCUT2D eigenvalue weighted by Crippen LogP contribution is 2.37. The van der Waals surface area contributed by atoms with E-state index >= 15 is 0 Å². The van der Waals surface area contributed by atoms with Crippen LogP contribution in [0.25, 0.3) is 0 Å². The lowest BCUT2D eigenvalue weighted by Crippen LogP contribution is -2.47. The highest BCUT2D eigenvalue weighted by molar-refractivity contribution is 4.99. The van der Waals surface area contributed by atoms with Crippen LogP contribution in [-0.4, -0.2) is 35.0 Å². The van der Waals surface area contributed by atoms with Gasteiger partial charge in [0.1, 0.15) is 0 Å². The number of nitrogens with one attached hydrogen (secondary N) is 1. The summed E-state index contributed by atoms with van der Waals surface area (Å²) in [6.07, 6.45) is 2.82. The molecule has 0 aliphatic carbocycles. The monoisotopic (exact) mass is 257 g/mol. The molecule has 3 nitrogen and oxygen atoms in total. The summed E-state index contributed by atoms with van der Waals surface area (Å²) in [5, 5.41) is 13.7. The van der Waals surface area contributed by atoms with Gasteiger partial charge in [-0.3, -0.25) is 0 Å². The normalized spacial score (nSPS) is 27.7. The molecule has 0 radical (unpaired) electrons. The van der Waals surface area contributed by atoms with E-state index in [1.165, 1.54) is 0 Å². The Morgan fingerprint density at radius 3 is 2.17 bits per heavy atom. The third kappa shape index (κ3) is 3.94. The highest BCUT2D eigenvalue weighted by atomic mass is 16.5. The fraction of sp³-hybridized carbons (Fsp3) is 1.00. The van der Waals surface area contributed by atoms with Crippen LogP contribution in [0.15, 0.2) is 0 Å². The molecule has 2 atom stereocenters. The van der Waals surface area contributed by atoms with Crippen LogP contribution in [0.5, 0.6) is 0 Å².